The molecule has 0 aliphatic rings. The van der Waals surface area contributed by atoms with E-state index >= 15 is 0 Å². The molecule has 0 bridgehead atoms. The summed E-state index contributed by atoms with van der Waals surface area (Å²) in [4.78, 5) is 7.60. The van der Waals surface area contributed by atoms with Gasteiger partial charge in [-0.1, -0.05) is 29.8 Å². The first-order chi connectivity index (χ1) is 8.20. The van der Waals surface area contributed by atoms with Crippen molar-refractivity contribution in [1.29, 1.82) is 0 Å². The maximum Gasteiger partial charge on any atom is 0.183 e. The van der Waals surface area contributed by atoms with E-state index in [1.807, 2.05) is 6.20 Å². The fourth-order valence-electron chi connectivity index (χ4n) is 1.83. The third-order valence-corrected chi connectivity index (χ3v) is 3.81. The van der Waals surface area contributed by atoms with Gasteiger partial charge in [0.2, 0.25) is 0 Å². The van der Waals surface area contributed by atoms with Crippen molar-refractivity contribution in [3.8, 4) is 0 Å². The Labute approximate surface area is 111 Å². The van der Waals surface area contributed by atoms with Crippen molar-refractivity contribution in [2.24, 2.45) is 0 Å². The molecule has 0 amide bonds. The second kappa shape index (κ2) is 5.52. The van der Waals surface area contributed by atoms with Crippen molar-refractivity contribution < 1.29 is 0 Å². The van der Waals surface area contributed by atoms with Gasteiger partial charge in [0.05, 0.1) is 6.54 Å². The van der Waals surface area contributed by atoms with Gasteiger partial charge in [0.1, 0.15) is 0 Å². The van der Waals surface area contributed by atoms with Crippen LogP contribution in [0, 0.1) is 6.92 Å². The summed E-state index contributed by atoms with van der Waals surface area (Å²) >= 11 is 7.40. The molecule has 1 aromatic heterocycles. The highest BCUT2D eigenvalue weighted by Gasteiger charge is 2.09. The minimum absolute atomic E-state index is 0.612. The van der Waals surface area contributed by atoms with Crippen LogP contribution in [0.15, 0.2) is 30.5 Å². The quantitative estimate of drug-likeness (QED) is 0.827. The third-order valence-electron chi connectivity index (χ3n) is 2.71. The molecule has 2 nitrogen and oxygen atoms in total. The molecule has 90 valence electrons. The Morgan fingerprint density at radius 3 is 2.71 bits per heavy atom. The highest BCUT2D eigenvalue weighted by molar-refractivity contribution is 7.15. The van der Waals surface area contributed by atoms with Crippen LogP contribution in [0.5, 0.6) is 0 Å². The summed E-state index contributed by atoms with van der Waals surface area (Å²) in [7, 11) is 0. The Morgan fingerprint density at radius 2 is 2.12 bits per heavy atom. The first-order valence-electron chi connectivity index (χ1n) is 5.61. The van der Waals surface area contributed by atoms with E-state index < -0.39 is 0 Å². The standard InChI is InChI=1S/C13H15ClN2S/c1-3-16(9-11-8-15-13(14)17-11)12-7-5-4-6-10(12)2/h4-8H,3,9H2,1-2H3. The van der Waals surface area contributed by atoms with Crippen LogP contribution >= 0.6 is 22.9 Å². The van der Waals surface area contributed by atoms with Gasteiger partial charge in [0.15, 0.2) is 4.47 Å². The molecule has 0 N–H and O–H groups in total. The van der Waals surface area contributed by atoms with E-state index in [9.17, 15) is 0 Å². The Balaban J connectivity index is 2.20. The van der Waals surface area contributed by atoms with Gasteiger partial charge in [0.25, 0.3) is 0 Å². The van der Waals surface area contributed by atoms with Gasteiger partial charge in [0, 0.05) is 23.3 Å². The number of benzene rings is 1. The van der Waals surface area contributed by atoms with Crippen LogP contribution in [0.3, 0.4) is 0 Å². The molecule has 17 heavy (non-hydrogen) atoms. The lowest BCUT2D eigenvalue weighted by atomic mass is 10.2. The largest absolute Gasteiger partial charge is 0.366 e. The van der Waals surface area contributed by atoms with Crippen LogP contribution in [0.25, 0.3) is 0 Å². The molecule has 1 heterocycles. The van der Waals surface area contributed by atoms with Crippen LogP contribution < -0.4 is 4.90 Å². The van der Waals surface area contributed by atoms with Gasteiger partial charge in [-0.05, 0) is 25.5 Å². The Morgan fingerprint density at radius 1 is 1.35 bits per heavy atom. The van der Waals surface area contributed by atoms with Gasteiger partial charge in [-0.15, -0.1) is 11.3 Å². The average Bonchev–Trinajstić information content (AvgIpc) is 2.73. The van der Waals surface area contributed by atoms with E-state index in [1.165, 1.54) is 16.1 Å². The van der Waals surface area contributed by atoms with Crippen molar-refractivity contribution in [2.45, 2.75) is 20.4 Å². The lowest BCUT2D eigenvalue weighted by molar-refractivity contribution is 0.836. The topological polar surface area (TPSA) is 16.1 Å². The van der Waals surface area contributed by atoms with Crippen molar-refractivity contribution in [3.63, 3.8) is 0 Å². The van der Waals surface area contributed by atoms with Crippen LogP contribution in [0.1, 0.15) is 17.4 Å². The Kier molecular flexibility index (Phi) is 4.02. The zero-order valence-electron chi connectivity index (χ0n) is 9.98. The number of para-hydroxylation sites is 1. The predicted octanol–water partition coefficient (Wildman–Crippen LogP) is 4.13. The van der Waals surface area contributed by atoms with Gasteiger partial charge in [-0.2, -0.15) is 0 Å². The molecule has 0 unspecified atom stereocenters. The number of halogens is 1. The third kappa shape index (κ3) is 2.99. The minimum Gasteiger partial charge on any atom is -0.366 e. The monoisotopic (exact) mass is 266 g/mol. The van der Waals surface area contributed by atoms with Crippen LogP contribution in [-0.4, -0.2) is 11.5 Å². The lowest BCUT2D eigenvalue weighted by Gasteiger charge is -2.24. The molecular weight excluding hydrogens is 252 g/mol. The number of aryl methyl sites for hydroxylation is 1. The highest BCUT2D eigenvalue weighted by atomic mass is 35.5. The SMILES string of the molecule is CCN(Cc1cnc(Cl)s1)c1ccccc1C. The molecule has 0 aliphatic carbocycles. The molecule has 2 aromatic rings. The summed E-state index contributed by atoms with van der Waals surface area (Å²) in [5.74, 6) is 0. The Hall–Kier alpha value is -1.06. The second-order valence-electron chi connectivity index (χ2n) is 3.88. The number of rotatable bonds is 4. The number of anilines is 1. The maximum atomic E-state index is 5.85. The Bertz CT molecular complexity index is 496. The molecule has 0 spiro atoms. The summed E-state index contributed by atoms with van der Waals surface area (Å²) in [6.45, 7) is 6.14. The van der Waals surface area contributed by atoms with Crippen molar-refractivity contribution >= 4 is 28.6 Å². The zero-order chi connectivity index (χ0) is 12.3. The van der Waals surface area contributed by atoms with Gasteiger partial charge in [-0.25, -0.2) is 4.98 Å². The summed E-state index contributed by atoms with van der Waals surface area (Å²) in [5, 5.41) is 0. The fraction of sp³-hybridized carbons (Fsp3) is 0.308. The predicted molar refractivity (Wildman–Crippen MR) is 75.0 cm³/mol. The van der Waals surface area contributed by atoms with Gasteiger partial charge >= 0.3 is 0 Å². The van der Waals surface area contributed by atoms with Crippen molar-refractivity contribution in [3.05, 3.63) is 45.4 Å². The zero-order valence-corrected chi connectivity index (χ0v) is 11.6. The van der Waals surface area contributed by atoms with E-state index in [0.29, 0.717) is 4.47 Å². The average molecular weight is 267 g/mol. The number of hydrogen-bond acceptors (Lipinski definition) is 3. The van der Waals surface area contributed by atoms with E-state index in [0.717, 1.165) is 13.1 Å². The highest BCUT2D eigenvalue weighted by Crippen LogP contribution is 2.24. The van der Waals surface area contributed by atoms with E-state index in [4.69, 9.17) is 11.6 Å². The number of thiazole rings is 1. The molecule has 1 aromatic carbocycles. The molecule has 0 radical (unpaired) electrons. The summed E-state index contributed by atoms with van der Waals surface area (Å²) in [6.07, 6.45) is 1.86. The molecular formula is C13H15ClN2S. The number of hydrogen-bond donors (Lipinski definition) is 0. The smallest absolute Gasteiger partial charge is 0.183 e. The van der Waals surface area contributed by atoms with E-state index in [1.54, 1.807) is 11.3 Å². The first kappa shape index (κ1) is 12.4. The maximum absolute atomic E-state index is 5.85. The molecule has 2 rings (SSSR count). The van der Waals surface area contributed by atoms with Gasteiger partial charge in [-0.3, -0.25) is 0 Å². The van der Waals surface area contributed by atoms with Crippen LogP contribution in [0.4, 0.5) is 5.69 Å². The molecule has 4 heteroatoms. The summed E-state index contributed by atoms with van der Waals surface area (Å²) in [5.41, 5.74) is 2.57. The number of aromatic nitrogens is 1. The van der Waals surface area contributed by atoms with Crippen molar-refractivity contribution in [2.75, 3.05) is 11.4 Å². The molecule has 0 aliphatic heterocycles. The second-order valence-corrected chi connectivity index (χ2v) is 5.58. The normalized spacial score (nSPS) is 10.5. The first-order valence-corrected chi connectivity index (χ1v) is 6.81. The summed E-state index contributed by atoms with van der Waals surface area (Å²) < 4.78 is 0.612. The van der Waals surface area contributed by atoms with E-state index in [2.05, 4.69) is 48.0 Å². The number of nitrogens with zero attached hydrogens (tertiary/aromatic N) is 2. The van der Waals surface area contributed by atoms with Crippen LogP contribution in [-0.2, 0) is 6.54 Å². The van der Waals surface area contributed by atoms with Crippen molar-refractivity contribution in [1.82, 2.24) is 4.98 Å². The lowest BCUT2D eigenvalue weighted by Crippen LogP contribution is -2.22. The molecule has 0 saturated heterocycles. The van der Waals surface area contributed by atoms with Crippen LogP contribution in [0.2, 0.25) is 4.47 Å². The summed E-state index contributed by atoms with van der Waals surface area (Å²) in [6, 6.07) is 8.43. The molecule has 0 saturated carbocycles. The molecule has 0 atom stereocenters. The van der Waals surface area contributed by atoms with E-state index in [-0.39, 0.29) is 0 Å². The van der Waals surface area contributed by atoms with Gasteiger partial charge < -0.3 is 4.90 Å². The minimum atomic E-state index is 0.612. The fourth-order valence-corrected chi connectivity index (χ4v) is 2.82. The molecule has 0 fully saturated rings.